The van der Waals surface area contributed by atoms with Crippen molar-refractivity contribution < 1.29 is 9.90 Å². The van der Waals surface area contributed by atoms with Crippen molar-refractivity contribution in [1.82, 2.24) is 0 Å². The molecule has 0 saturated carbocycles. The van der Waals surface area contributed by atoms with Crippen molar-refractivity contribution >= 4 is 18.4 Å². The number of hydrogen-bond acceptors (Lipinski definition) is 2. The van der Waals surface area contributed by atoms with Crippen LogP contribution in [0.5, 0.6) is 0 Å². The Labute approximate surface area is 101 Å². The van der Waals surface area contributed by atoms with Crippen LogP contribution in [0.1, 0.15) is 35.6 Å². The number of aliphatic carboxylic acids is 1. The molecular weight excluding hydrogens is 226 g/mol. The van der Waals surface area contributed by atoms with Crippen molar-refractivity contribution in [2.24, 2.45) is 5.73 Å². The second-order valence-electron chi connectivity index (χ2n) is 4.05. The fourth-order valence-corrected chi connectivity index (χ4v) is 2.09. The predicted molar refractivity (Wildman–Crippen MR) is 64.9 cm³/mol. The predicted octanol–water partition coefficient (Wildman–Crippen LogP) is 2.07. The van der Waals surface area contributed by atoms with E-state index in [0.29, 0.717) is 5.56 Å². The minimum Gasteiger partial charge on any atom is -0.480 e. The summed E-state index contributed by atoms with van der Waals surface area (Å²) in [5.41, 5.74) is 8.91. The number of aryl methyl sites for hydroxylation is 2. The van der Waals surface area contributed by atoms with E-state index in [1.807, 2.05) is 18.2 Å². The summed E-state index contributed by atoms with van der Waals surface area (Å²) in [6.07, 6.45) is 4.59. The van der Waals surface area contributed by atoms with Crippen molar-refractivity contribution in [3.63, 3.8) is 0 Å². The standard InChI is InChI=1S/C12H15NO2.ClH/c13-11(12(14)15)10-6-5-8-3-1-2-4-9(8)7-10;/h5-7,11H,1-4,13H2,(H,14,15);1H. The quantitative estimate of drug-likeness (QED) is 0.833. The van der Waals surface area contributed by atoms with Crippen molar-refractivity contribution in [3.05, 3.63) is 34.9 Å². The van der Waals surface area contributed by atoms with Crippen LogP contribution in [0.25, 0.3) is 0 Å². The molecule has 1 aromatic rings. The topological polar surface area (TPSA) is 63.3 Å². The monoisotopic (exact) mass is 241 g/mol. The van der Waals surface area contributed by atoms with Gasteiger partial charge in [-0.25, -0.2) is 0 Å². The summed E-state index contributed by atoms with van der Waals surface area (Å²) in [4.78, 5) is 10.7. The summed E-state index contributed by atoms with van der Waals surface area (Å²) in [7, 11) is 0. The average molecular weight is 242 g/mol. The number of rotatable bonds is 2. The molecule has 0 saturated heterocycles. The van der Waals surface area contributed by atoms with E-state index in [4.69, 9.17) is 10.8 Å². The molecule has 0 fully saturated rings. The van der Waals surface area contributed by atoms with E-state index >= 15 is 0 Å². The fourth-order valence-electron chi connectivity index (χ4n) is 2.09. The van der Waals surface area contributed by atoms with Gasteiger partial charge in [0.1, 0.15) is 6.04 Å². The molecule has 3 N–H and O–H groups in total. The molecule has 0 heterocycles. The van der Waals surface area contributed by atoms with E-state index in [0.717, 1.165) is 12.8 Å². The van der Waals surface area contributed by atoms with Crippen LogP contribution in [-0.4, -0.2) is 11.1 Å². The lowest BCUT2D eigenvalue weighted by Gasteiger charge is -2.17. The van der Waals surface area contributed by atoms with Gasteiger partial charge in [-0.1, -0.05) is 18.2 Å². The van der Waals surface area contributed by atoms with E-state index in [9.17, 15) is 4.79 Å². The largest absolute Gasteiger partial charge is 0.480 e. The summed E-state index contributed by atoms with van der Waals surface area (Å²) in [5.74, 6) is -0.967. The Hall–Kier alpha value is -1.06. The lowest BCUT2D eigenvalue weighted by molar-refractivity contribution is -0.138. The normalized spacial score (nSPS) is 15.8. The highest BCUT2D eigenvalue weighted by molar-refractivity contribution is 5.85. The Balaban J connectivity index is 0.00000128. The molecule has 1 aliphatic carbocycles. The highest BCUT2D eigenvalue weighted by Crippen LogP contribution is 2.24. The number of benzene rings is 1. The lowest BCUT2D eigenvalue weighted by Crippen LogP contribution is -2.21. The van der Waals surface area contributed by atoms with Gasteiger partial charge in [-0.3, -0.25) is 4.79 Å². The number of carboxylic acid groups (broad SMARTS) is 1. The Morgan fingerprint density at radius 2 is 1.88 bits per heavy atom. The number of halogens is 1. The Morgan fingerprint density at radius 1 is 1.25 bits per heavy atom. The summed E-state index contributed by atoms with van der Waals surface area (Å²) < 4.78 is 0. The minimum absolute atomic E-state index is 0. The summed E-state index contributed by atoms with van der Waals surface area (Å²) in [6, 6.07) is 4.92. The first-order valence-electron chi connectivity index (χ1n) is 5.28. The molecule has 2 rings (SSSR count). The second kappa shape index (κ2) is 5.32. The molecule has 1 aromatic carbocycles. The van der Waals surface area contributed by atoms with Crippen LogP contribution in [-0.2, 0) is 17.6 Å². The van der Waals surface area contributed by atoms with Crippen molar-refractivity contribution in [3.8, 4) is 0 Å². The first-order chi connectivity index (χ1) is 7.18. The highest BCUT2D eigenvalue weighted by Gasteiger charge is 2.16. The molecule has 1 unspecified atom stereocenters. The van der Waals surface area contributed by atoms with Gasteiger partial charge in [0.05, 0.1) is 0 Å². The van der Waals surface area contributed by atoms with Gasteiger partial charge in [-0.05, 0) is 42.4 Å². The third kappa shape index (κ3) is 2.54. The number of carbonyl (C=O) groups is 1. The molecular formula is C12H16ClNO2. The van der Waals surface area contributed by atoms with Crippen LogP contribution in [0.2, 0.25) is 0 Å². The summed E-state index contributed by atoms with van der Waals surface area (Å²) >= 11 is 0. The Kier molecular flexibility index (Phi) is 4.33. The maximum Gasteiger partial charge on any atom is 0.325 e. The molecule has 3 nitrogen and oxygen atoms in total. The van der Waals surface area contributed by atoms with E-state index in [1.54, 1.807) is 0 Å². The van der Waals surface area contributed by atoms with Crippen LogP contribution in [0.15, 0.2) is 18.2 Å². The van der Waals surface area contributed by atoms with Gasteiger partial charge in [0.2, 0.25) is 0 Å². The van der Waals surface area contributed by atoms with E-state index in [2.05, 4.69) is 0 Å². The van der Waals surface area contributed by atoms with Gasteiger partial charge in [0, 0.05) is 0 Å². The van der Waals surface area contributed by atoms with Crippen molar-refractivity contribution in [2.75, 3.05) is 0 Å². The van der Waals surface area contributed by atoms with Gasteiger partial charge in [-0.15, -0.1) is 12.4 Å². The minimum atomic E-state index is -0.967. The number of fused-ring (bicyclic) bond motifs is 1. The average Bonchev–Trinajstić information content (AvgIpc) is 2.27. The van der Waals surface area contributed by atoms with Gasteiger partial charge < -0.3 is 10.8 Å². The maximum atomic E-state index is 10.7. The SMILES string of the molecule is Cl.NC(C(=O)O)c1ccc2c(c1)CCCC2. The molecule has 4 heteroatoms. The fraction of sp³-hybridized carbons (Fsp3) is 0.417. The maximum absolute atomic E-state index is 10.7. The number of nitrogens with two attached hydrogens (primary N) is 1. The molecule has 0 aliphatic heterocycles. The zero-order valence-electron chi connectivity index (χ0n) is 8.98. The van der Waals surface area contributed by atoms with Crippen LogP contribution in [0.4, 0.5) is 0 Å². The Morgan fingerprint density at radius 3 is 2.50 bits per heavy atom. The van der Waals surface area contributed by atoms with E-state index < -0.39 is 12.0 Å². The lowest BCUT2D eigenvalue weighted by atomic mass is 9.89. The highest BCUT2D eigenvalue weighted by atomic mass is 35.5. The van der Waals surface area contributed by atoms with E-state index in [-0.39, 0.29) is 12.4 Å². The van der Waals surface area contributed by atoms with Crippen LogP contribution in [0, 0.1) is 0 Å². The van der Waals surface area contributed by atoms with Gasteiger partial charge in [0.25, 0.3) is 0 Å². The zero-order valence-corrected chi connectivity index (χ0v) is 9.80. The van der Waals surface area contributed by atoms with Crippen LogP contribution < -0.4 is 5.73 Å². The zero-order chi connectivity index (χ0) is 10.8. The Bertz CT molecular complexity index is 393. The smallest absolute Gasteiger partial charge is 0.325 e. The second-order valence-corrected chi connectivity index (χ2v) is 4.05. The molecule has 1 atom stereocenters. The van der Waals surface area contributed by atoms with Gasteiger partial charge in [-0.2, -0.15) is 0 Å². The van der Waals surface area contributed by atoms with Gasteiger partial charge in [0.15, 0.2) is 0 Å². The first-order valence-corrected chi connectivity index (χ1v) is 5.28. The van der Waals surface area contributed by atoms with Crippen molar-refractivity contribution in [1.29, 1.82) is 0 Å². The number of hydrogen-bond donors (Lipinski definition) is 2. The van der Waals surface area contributed by atoms with E-state index in [1.165, 1.54) is 24.0 Å². The molecule has 0 bridgehead atoms. The summed E-state index contributed by atoms with van der Waals surface area (Å²) in [5, 5.41) is 8.81. The molecule has 0 spiro atoms. The third-order valence-electron chi connectivity index (χ3n) is 3.00. The van der Waals surface area contributed by atoms with Crippen molar-refractivity contribution in [2.45, 2.75) is 31.7 Å². The molecule has 0 radical (unpaired) electrons. The first kappa shape index (κ1) is 13.0. The third-order valence-corrected chi connectivity index (χ3v) is 3.00. The molecule has 16 heavy (non-hydrogen) atoms. The summed E-state index contributed by atoms with van der Waals surface area (Å²) in [6.45, 7) is 0. The molecule has 1 aliphatic rings. The molecule has 0 aromatic heterocycles. The van der Waals surface area contributed by atoms with Gasteiger partial charge >= 0.3 is 5.97 Å². The number of carboxylic acids is 1. The van der Waals surface area contributed by atoms with Crippen LogP contribution >= 0.6 is 12.4 Å². The van der Waals surface area contributed by atoms with Crippen LogP contribution in [0.3, 0.4) is 0 Å². The molecule has 88 valence electrons. The molecule has 0 amide bonds.